The van der Waals surface area contributed by atoms with Gasteiger partial charge in [0.25, 0.3) is 0 Å². The van der Waals surface area contributed by atoms with Gasteiger partial charge in [0.05, 0.1) is 12.1 Å². The number of hydrogen-bond acceptors (Lipinski definition) is 4. The van der Waals surface area contributed by atoms with Crippen LogP contribution in [0.3, 0.4) is 0 Å². The van der Waals surface area contributed by atoms with Crippen molar-refractivity contribution in [2.45, 2.75) is 32.2 Å². The fourth-order valence-electron chi connectivity index (χ4n) is 1.92. The summed E-state index contributed by atoms with van der Waals surface area (Å²) >= 11 is 0. The SMILES string of the molecule is CCC(C)(NC(=O)Cc1coc(-c2ccc(F)cc2)n1)C(=O)O. The van der Waals surface area contributed by atoms with Crippen LogP contribution in [0.5, 0.6) is 0 Å². The van der Waals surface area contributed by atoms with E-state index in [4.69, 9.17) is 9.52 Å². The lowest BCUT2D eigenvalue weighted by molar-refractivity contribution is -0.146. The predicted molar refractivity (Wildman–Crippen MR) is 80.1 cm³/mol. The van der Waals surface area contributed by atoms with Gasteiger partial charge in [0.1, 0.15) is 17.6 Å². The zero-order valence-electron chi connectivity index (χ0n) is 12.8. The molecule has 0 radical (unpaired) electrons. The van der Waals surface area contributed by atoms with Gasteiger partial charge in [0, 0.05) is 5.56 Å². The number of nitrogens with zero attached hydrogens (tertiary/aromatic N) is 1. The molecule has 1 aromatic heterocycles. The van der Waals surface area contributed by atoms with E-state index >= 15 is 0 Å². The Kier molecular flexibility index (Phi) is 4.78. The summed E-state index contributed by atoms with van der Waals surface area (Å²) in [6.07, 6.45) is 1.48. The molecule has 2 aromatic rings. The van der Waals surface area contributed by atoms with E-state index in [1.54, 1.807) is 6.92 Å². The number of rotatable bonds is 6. The van der Waals surface area contributed by atoms with Crippen LogP contribution in [0.4, 0.5) is 4.39 Å². The van der Waals surface area contributed by atoms with E-state index < -0.39 is 17.4 Å². The molecule has 0 aliphatic carbocycles. The van der Waals surface area contributed by atoms with Crippen molar-refractivity contribution in [3.8, 4) is 11.5 Å². The van der Waals surface area contributed by atoms with Gasteiger partial charge in [0.2, 0.25) is 11.8 Å². The van der Waals surface area contributed by atoms with Crippen LogP contribution in [0.25, 0.3) is 11.5 Å². The van der Waals surface area contributed by atoms with Crippen molar-refractivity contribution < 1.29 is 23.5 Å². The highest BCUT2D eigenvalue weighted by atomic mass is 19.1. The van der Waals surface area contributed by atoms with Crippen LogP contribution in [-0.2, 0) is 16.0 Å². The molecule has 2 rings (SSSR count). The molecule has 0 aliphatic rings. The molecule has 0 aliphatic heterocycles. The molecule has 0 saturated carbocycles. The molecule has 0 fully saturated rings. The first-order valence-corrected chi connectivity index (χ1v) is 7.09. The lowest BCUT2D eigenvalue weighted by Gasteiger charge is -2.24. The molecule has 1 unspecified atom stereocenters. The highest BCUT2D eigenvalue weighted by Gasteiger charge is 2.32. The van der Waals surface area contributed by atoms with Crippen LogP contribution in [0.1, 0.15) is 26.0 Å². The molecule has 0 spiro atoms. The summed E-state index contributed by atoms with van der Waals surface area (Å²) in [4.78, 5) is 27.3. The molecular weight excluding hydrogens is 303 g/mol. The molecule has 1 heterocycles. The smallest absolute Gasteiger partial charge is 0.329 e. The first-order valence-electron chi connectivity index (χ1n) is 7.09. The van der Waals surface area contributed by atoms with Gasteiger partial charge >= 0.3 is 5.97 Å². The lowest BCUT2D eigenvalue weighted by Crippen LogP contribution is -2.52. The fourth-order valence-corrected chi connectivity index (χ4v) is 1.92. The molecule has 6 nitrogen and oxygen atoms in total. The Balaban J connectivity index is 2.05. The second-order valence-electron chi connectivity index (χ2n) is 5.37. The van der Waals surface area contributed by atoms with Crippen LogP contribution in [0.15, 0.2) is 34.9 Å². The Bertz CT molecular complexity index is 711. The maximum absolute atomic E-state index is 12.9. The molecule has 0 saturated heterocycles. The van der Waals surface area contributed by atoms with Crippen molar-refractivity contribution in [2.24, 2.45) is 0 Å². The zero-order chi connectivity index (χ0) is 17.0. The van der Waals surface area contributed by atoms with Crippen molar-refractivity contribution in [1.29, 1.82) is 0 Å². The van der Waals surface area contributed by atoms with Crippen molar-refractivity contribution in [1.82, 2.24) is 10.3 Å². The van der Waals surface area contributed by atoms with Gasteiger partial charge in [-0.25, -0.2) is 14.2 Å². The van der Waals surface area contributed by atoms with Crippen LogP contribution < -0.4 is 5.32 Å². The van der Waals surface area contributed by atoms with E-state index in [0.717, 1.165) is 0 Å². The fraction of sp³-hybridized carbons (Fsp3) is 0.312. The number of halogens is 1. The molecule has 1 amide bonds. The molecule has 0 bridgehead atoms. The molecule has 23 heavy (non-hydrogen) atoms. The van der Waals surface area contributed by atoms with Crippen molar-refractivity contribution >= 4 is 11.9 Å². The third-order valence-corrected chi connectivity index (χ3v) is 3.58. The first kappa shape index (κ1) is 16.7. The Morgan fingerprint density at radius 3 is 2.57 bits per heavy atom. The molecule has 2 N–H and O–H groups in total. The van der Waals surface area contributed by atoms with Crippen molar-refractivity contribution in [3.05, 3.63) is 42.0 Å². The van der Waals surface area contributed by atoms with Gasteiger partial charge in [-0.2, -0.15) is 0 Å². The van der Waals surface area contributed by atoms with E-state index in [1.165, 1.54) is 37.5 Å². The number of carboxylic acids is 1. The number of carbonyl (C=O) groups is 2. The van der Waals surface area contributed by atoms with Crippen LogP contribution in [0.2, 0.25) is 0 Å². The predicted octanol–water partition coefficient (Wildman–Crippen LogP) is 2.39. The number of aromatic nitrogens is 1. The Morgan fingerprint density at radius 2 is 2.00 bits per heavy atom. The summed E-state index contributed by atoms with van der Waals surface area (Å²) in [5.74, 6) is -1.66. The van der Waals surface area contributed by atoms with E-state index in [0.29, 0.717) is 11.3 Å². The average molecular weight is 320 g/mol. The Morgan fingerprint density at radius 1 is 1.35 bits per heavy atom. The summed E-state index contributed by atoms with van der Waals surface area (Å²) in [5, 5.41) is 11.6. The normalized spacial score (nSPS) is 13.3. The summed E-state index contributed by atoms with van der Waals surface area (Å²) in [6, 6.07) is 5.60. The monoisotopic (exact) mass is 320 g/mol. The van der Waals surface area contributed by atoms with Gasteiger partial charge < -0.3 is 14.8 Å². The molecule has 122 valence electrons. The van der Waals surface area contributed by atoms with E-state index in [-0.39, 0.29) is 24.5 Å². The van der Waals surface area contributed by atoms with Crippen LogP contribution in [0, 0.1) is 5.82 Å². The Hall–Kier alpha value is -2.70. The second-order valence-corrected chi connectivity index (χ2v) is 5.37. The topological polar surface area (TPSA) is 92.4 Å². The van der Waals surface area contributed by atoms with Crippen molar-refractivity contribution in [2.75, 3.05) is 0 Å². The average Bonchev–Trinajstić information content (AvgIpc) is 2.95. The van der Waals surface area contributed by atoms with E-state index in [9.17, 15) is 14.0 Å². The lowest BCUT2D eigenvalue weighted by atomic mass is 9.99. The van der Waals surface area contributed by atoms with Gasteiger partial charge in [0.15, 0.2) is 0 Å². The maximum Gasteiger partial charge on any atom is 0.329 e. The molecular formula is C16H17FN2O4. The van der Waals surface area contributed by atoms with Gasteiger partial charge in [-0.1, -0.05) is 6.92 Å². The zero-order valence-corrected chi connectivity index (χ0v) is 12.8. The number of nitrogens with one attached hydrogen (secondary N) is 1. The molecule has 1 atom stereocenters. The highest BCUT2D eigenvalue weighted by Crippen LogP contribution is 2.19. The third kappa shape index (κ3) is 3.94. The Labute approximate surface area is 132 Å². The van der Waals surface area contributed by atoms with Gasteiger partial charge in [-0.15, -0.1) is 0 Å². The minimum Gasteiger partial charge on any atom is -0.480 e. The number of carboxylic acid groups (broad SMARTS) is 1. The summed E-state index contributed by atoms with van der Waals surface area (Å²) in [5.41, 5.74) is -0.367. The first-order chi connectivity index (χ1) is 10.8. The second kappa shape index (κ2) is 6.60. The number of oxazole rings is 1. The number of carbonyl (C=O) groups excluding carboxylic acids is 1. The van der Waals surface area contributed by atoms with E-state index in [2.05, 4.69) is 10.3 Å². The molecule has 1 aromatic carbocycles. The number of amides is 1. The maximum atomic E-state index is 12.9. The van der Waals surface area contributed by atoms with Crippen LogP contribution >= 0.6 is 0 Å². The highest BCUT2D eigenvalue weighted by molar-refractivity contribution is 5.87. The van der Waals surface area contributed by atoms with Gasteiger partial charge in [-0.05, 0) is 37.6 Å². The summed E-state index contributed by atoms with van der Waals surface area (Å²) in [7, 11) is 0. The minimum atomic E-state index is -1.32. The van der Waals surface area contributed by atoms with E-state index in [1.807, 2.05) is 0 Å². The number of aliphatic carboxylic acids is 1. The summed E-state index contributed by atoms with van der Waals surface area (Å²) in [6.45, 7) is 3.12. The minimum absolute atomic E-state index is 0.104. The standard InChI is InChI=1S/C16H17FN2O4/c1-3-16(2,15(21)22)19-13(20)8-12-9-23-14(18-12)10-4-6-11(17)7-5-10/h4-7,9H,3,8H2,1-2H3,(H,19,20)(H,21,22). The number of benzene rings is 1. The summed E-state index contributed by atoms with van der Waals surface area (Å²) < 4.78 is 18.1. The van der Waals surface area contributed by atoms with Crippen molar-refractivity contribution in [3.63, 3.8) is 0 Å². The van der Waals surface area contributed by atoms with Crippen LogP contribution in [-0.4, -0.2) is 27.5 Å². The number of hydrogen-bond donors (Lipinski definition) is 2. The quantitative estimate of drug-likeness (QED) is 0.852. The van der Waals surface area contributed by atoms with Gasteiger partial charge in [-0.3, -0.25) is 4.79 Å². The third-order valence-electron chi connectivity index (χ3n) is 3.58. The largest absolute Gasteiger partial charge is 0.480 e. The molecule has 7 heteroatoms.